The van der Waals surface area contributed by atoms with Crippen LogP contribution in [0.2, 0.25) is 0 Å². The van der Waals surface area contributed by atoms with E-state index in [1.54, 1.807) is 24.3 Å². The quantitative estimate of drug-likeness (QED) is 0.448. The fraction of sp³-hybridized carbons (Fsp3) is 0.111. The summed E-state index contributed by atoms with van der Waals surface area (Å²) in [6.07, 6.45) is 1.35. The average molecular weight is 401 g/mol. The van der Waals surface area contributed by atoms with Crippen molar-refractivity contribution in [3.8, 4) is 17.2 Å². The molecule has 2 aromatic rings. The van der Waals surface area contributed by atoms with Crippen LogP contribution in [0, 0.1) is 10.1 Å². The number of ether oxygens (including phenoxy) is 2. The number of carbonyl (C=O) groups excluding carboxylic acids is 1. The minimum atomic E-state index is -0.674. The summed E-state index contributed by atoms with van der Waals surface area (Å²) < 4.78 is 10.2. The zero-order valence-corrected chi connectivity index (χ0v) is 15.6. The van der Waals surface area contributed by atoms with Crippen LogP contribution < -0.4 is 14.8 Å². The van der Waals surface area contributed by atoms with E-state index in [9.17, 15) is 20.0 Å². The molecule has 144 valence electrons. The number of methoxy groups -OCH3 is 2. The monoisotopic (exact) mass is 401 g/mol. The lowest BCUT2D eigenvalue weighted by atomic mass is 10.1. The summed E-state index contributed by atoms with van der Waals surface area (Å²) in [7, 11) is 2.73. The third-order valence-electron chi connectivity index (χ3n) is 3.77. The number of nitrogens with zero attached hydrogens (tertiary/aromatic N) is 2. The van der Waals surface area contributed by atoms with Crippen LogP contribution in [-0.2, 0) is 4.79 Å². The van der Waals surface area contributed by atoms with Crippen LogP contribution in [0.5, 0.6) is 17.2 Å². The highest BCUT2D eigenvalue weighted by Crippen LogP contribution is 2.41. The number of hydrogen-bond acceptors (Lipinski definition) is 8. The van der Waals surface area contributed by atoms with Gasteiger partial charge in [0.25, 0.3) is 5.91 Å². The van der Waals surface area contributed by atoms with Crippen molar-refractivity contribution in [2.75, 3.05) is 14.2 Å². The Bertz CT molecular complexity index is 1020. The van der Waals surface area contributed by atoms with E-state index in [2.05, 4.69) is 10.3 Å². The van der Waals surface area contributed by atoms with Gasteiger partial charge in [-0.25, -0.2) is 4.99 Å². The molecule has 1 amide bonds. The van der Waals surface area contributed by atoms with Crippen LogP contribution >= 0.6 is 11.8 Å². The number of hydrogen-bond donors (Lipinski definition) is 2. The predicted molar refractivity (Wildman–Crippen MR) is 105 cm³/mol. The van der Waals surface area contributed by atoms with Crippen LogP contribution in [0.1, 0.15) is 5.56 Å². The molecule has 1 saturated heterocycles. The number of thioether (sulfide) groups is 1. The molecular weight excluding hydrogens is 386 g/mol. The number of benzene rings is 2. The van der Waals surface area contributed by atoms with E-state index >= 15 is 0 Å². The first kappa shape index (κ1) is 19.2. The largest absolute Gasteiger partial charge is 0.504 e. The Labute approximate surface area is 163 Å². The lowest BCUT2D eigenvalue weighted by molar-refractivity contribution is -0.386. The van der Waals surface area contributed by atoms with Crippen molar-refractivity contribution < 1.29 is 24.3 Å². The molecule has 2 N–H and O–H groups in total. The van der Waals surface area contributed by atoms with Gasteiger partial charge in [-0.3, -0.25) is 14.9 Å². The molecule has 3 rings (SSSR count). The normalized spacial score (nSPS) is 16.3. The zero-order chi connectivity index (χ0) is 20.3. The van der Waals surface area contributed by atoms with Crippen molar-refractivity contribution in [3.63, 3.8) is 0 Å². The number of aromatic hydroxyl groups is 1. The van der Waals surface area contributed by atoms with Crippen molar-refractivity contribution >= 4 is 40.3 Å². The van der Waals surface area contributed by atoms with Gasteiger partial charge in [-0.05, 0) is 42.1 Å². The van der Waals surface area contributed by atoms with Crippen LogP contribution in [0.25, 0.3) is 6.08 Å². The fourth-order valence-electron chi connectivity index (χ4n) is 2.54. The molecule has 1 aliphatic heterocycles. The highest BCUT2D eigenvalue weighted by Gasteiger charge is 2.28. The number of phenols is 1. The Hall–Kier alpha value is -3.53. The van der Waals surface area contributed by atoms with Gasteiger partial charge in [0.1, 0.15) is 11.4 Å². The summed E-state index contributed by atoms with van der Waals surface area (Å²) in [4.78, 5) is 27.6. The SMILES string of the molecule is COc1ccccc1N=C1NC(=O)/C(=C/c2ccc(O)c(OC)c2[N+](=O)[O-])S1. The molecule has 2 aromatic carbocycles. The maximum Gasteiger partial charge on any atom is 0.322 e. The van der Waals surface area contributed by atoms with E-state index in [4.69, 9.17) is 9.47 Å². The molecule has 28 heavy (non-hydrogen) atoms. The molecule has 0 spiro atoms. The molecule has 0 radical (unpaired) electrons. The van der Waals surface area contributed by atoms with Gasteiger partial charge in [0.15, 0.2) is 10.9 Å². The van der Waals surface area contributed by atoms with E-state index in [-0.39, 0.29) is 22.0 Å². The lowest BCUT2D eigenvalue weighted by Crippen LogP contribution is -2.19. The van der Waals surface area contributed by atoms with Gasteiger partial charge in [-0.1, -0.05) is 12.1 Å². The Morgan fingerprint density at radius 1 is 1.21 bits per heavy atom. The van der Waals surface area contributed by atoms with Gasteiger partial charge in [-0.2, -0.15) is 0 Å². The number of carbonyl (C=O) groups is 1. The third kappa shape index (κ3) is 3.76. The first-order chi connectivity index (χ1) is 13.4. The second-order valence-electron chi connectivity index (χ2n) is 5.47. The maximum absolute atomic E-state index is 12.3. The predicted octanol–water partition coefficient (Wildman–Crippen LogP) is 3.21. The molecule has 1 heterocycles. The Balaban J connectivity index is 1.98. The summed E-state index contributed by atoms with van der Waals surface area (Å²) in [6, 6.07) is 9.66. The smallest absolute Gasteiger partial charge is 0.322 e. The second-order valence-corrected chi connectivity index (χ2v) is 6.50. The number of amidine groups is 1. The van der Waals surface area contributed by atoms with Gasteiger partial charge in [0, 0.05) is 0 Å². The minimum absolute atomic E-state index is 0.121. The van der Waals surface area contributed by atoms with E-state index in [0.717, 1.165) is 11.8 Å². The van der Waals surface area contributed by atoms with Crippen LogP contribution in [0.3, 0.4) is 0 Å². The molecular formula is C18H15N3O6S. The van der Waals surface area contributed by atoms with E-state index < -0.39 is 16.5 Å². The Morgan fingerprint density at radius 2 is 1.96 bits per heavy atom. The highest BCUT2D eigenvalue weighted by atomic mass is 32.2. The number of para-hydroxylation sites is 2. The molecule has 0 aliphatic carbocycles. The molecule has 0 bridgehead atoms. The molecule has 9 nitrogen and oxygen atoms in total. The molecule has 10 heteroatoms. The molecule has 0 atom stereocenters. The van der Waals surface area contributed by atoms with Crippen molar-refractivity contribution in [1.29, 1.82) is 0 Å². The van der Waals surface area contributed by atoms with Gasteiger partial charge in [0.2, 0.25) is 5.75 Å². The number of rotatable bonds is 5. The van der Waals surface area contributed by atoms with E-state index in [1.807, 2.05) is 0 Å². The first-order valence-corrected chi connectivity index (χ1v) is 8.73. The second kappa shape index (κ2) is 8.01. The fourth-order valence-corrected chi connectivity index (χ4v) is 3.36. The summed E-state index contributed by atoms with van der Waals surface area (Å²) in [5, 5.41) is 24.1. The molecule has 0 aromatic heterocycles. The van der Waals surface area contributed by atoms with E-state index in [0.29, 0.717) is 16.6 Å². The number of amides is 1. The Morgan fingerprint density at radius 3 is 2.64 bits per heavy atom. The minimum Gasteiger partial charge on any atom is -0.504 e. The number of aliphatic imine (C=N–C) groups is 1. The van der Waals surface area contributed by atoms with Crippen molar-refractivity contribution in [2.45, 2.75) is 0 Å². The van der Waals surface area contributed by atoms with E-state index in [1.165, 1.54) is 32.4 Å². The molecule has 0 unspecified atom stereocenters. The zero-order valence-electron chi connectivity index (χ0n) is 14.8. The Kier molecular flexibility index (Phi) is 5.50. The van der Waals surface area contributed by atoms with Gasteiger partial charge in [-0.15, -0.1) is 0 Å². The highest BCUT2D eigenvalue weighted by molar-refractivity contribution is 8.18. The molecule has 0 saturated carbocycles. The number of nitro groups is 1. The van der Waals surface area contributed by atoms with Gasteiger partial charge >= 0.3 is 5.69 Å². The summed E-state index contributed by atoms with van der Waals surface area (Å²) in [6.45, 7) is 0. The lowest BCUT2D eigenvalue weighted by Gasteiger charge is -2.06. The summed E-state index contributed by atoms with van der Waals surface area (Å²) in [5.74, 6) is -0.537. The number of phenolic OH excluding ortho intramolecular Hbond substituents is 1. The third-order valence-corrected chi connectivity index (χ3v) is 4.68. The molecule has 1 fully saturated rings. The van der Waals surface area contributed by atoms with Gasteiger partial charge < -0.3 is 19.9 Å². The standard InChI is InChI=1S/C18H15N3O6S/c1-26-13-6-4-3-5-11(13)19-18-20-17(23)14(28-18)9-10-7-8-12(22)16(27-2)15(10)21(24)25/h3-9,22H,1-2H3,(H,19,20,23)/b14-9-. The molecule has 1 aliphatic rings. The van der Waals surface area contributed by atoms with Crippen LogP contribution in [0.15, 0.2) is 46.3 Å². The first-order valence-electron chi connectivity index (χ1n) is 7.91. The van der Waals surface area contributed by atoms with Crippen molar-refractivity contribution in [1.82, 2.24) is 5.32 Å². The maximum atomic E-state index is 12.3. The summed E-state index contributed by atoms with van der Waals surface area (Å²) >= 11 is 1.03. The summed E-state index contributed by atoms with van der Waals surface area (Å²) in [5.41, 5.74) is 0.223. The number of nitro benzene ring substituents is 1. The number of nitrogens with one attached hydrogen (secondary N) is 1. The van der Waals surface area contributed by atoms with Crippen LogP contribution in [0.4, 0.5) is 11.4 Å². The van der Waals surface area contributed by atoms with Crippen LogP contribution in [-0.4, -0.2) is 35.3 Å². The topological polar surface area (TPSA) is 123 Å². The average Bonchev–Trinajstić information content (AvgIpc) is 3.01. The van der Waals surface area contributed by atoms with Crippen molar-refractivity contribution in [3.05, 3.63) is 57.0 Å². The van der Waals surface area contributed by atoms with Gasteiger partial charge in [0.05, 0.1) is 29.6 Å². The van der Waals surface area contributed by atoms with Crippen molar-refractivity contribution in [2.24, 2.45) is 4.99 Å².